The van der Waals surface area contributed by atoms with Gasteiger partial charge in [0.05, 0.1) is 11.3 Å². The van der Waals surface area contributed by atoms with E-state index in [0.717, 1.165) is 11.3 Å². The minimum atomic E-state index is -0.429. The van der Waals surface area contributed by atoms with Crippen LogP contribution in [0.25, 0.3) is 11.4 Å². The second-order valence-electron chi connectivity index (χ2n) is 5.49. The summed E-state index contributed by atoms with van der Waals surface area (Å²) in [6.45, 7) is 4.10. The predicted molar refractivity (Wildman–Crippen MR) is 81.3 cm³/mol. The fourth-order valence-corrected chi connectivity index (χ4v) is 2.23. The van der Waals surface area contributed by atoms with Crippen molar-refractivity contribution in [2.45, 2.75) is 26.4 Å². The maximum absolute atomic E-state index is 13.5. The molecule has 3 rings (SSSR count). The van der Waals surface area contributed by atoms with Gasteiger partial charge in [0, 0.05) is 13.2 Å². The Labute approximate surface area is 132 Å². The quantitative estimate of drug-likeness (QED) is 0.722. The predicted octanol–water partition coefficient (Wildman–Crippen LogP) is 3.31. The highest BCUT2D eigenvalue weighted by Crippen LogP contribution is 2.26. The third-order valence-corrected chi connectivity index (χ3v) is 3.30. The van der Waals surface area contributed by atoms with Gasteiger partial charge in [-0.25, -0.2) is 4.39 Å². The highest BCUT2D eigenvalue weighted by atomic mass is 19.1. The Morgan fingerprint density at radius 1 is 1.30 bits per heavy atom. The number of nitrogens with zero attached hydrogens (tertiary/aromatic N) is 4. The molecule has 0 aliphatic carbocycles. The van der Waals surface area contributed by atoms with E-state index >= 15 is 0 Å². The molecule has 0 saturated heterocycles. The van der Waals surface area contributed by atoms with Gasteiger partial charge in [-0.05, 0) is 18.1 Å². The van der Waals surface area contributed by atoms with Crippen LogP contribution in [0, 0.1) is 5.82 Å². The van der Waals surface area contributed by atoms with Gasteiger partial charge in [0.15, 0.2) is 18.2 Å². The summed E-state index contributed by atoms with van der Waals surface area (Å²) in [7, 11) is 1.84. The van der Waals surface area contributed by atoms with Gasteiger partial charge >= 0.3 is 0 Å². The molecular weight excluding hydrogens is 299 g/mol. The Morgan fingerprint density at radius 2 is 2.09 bits per heavy atom. The summed E-state index contributed by atoms with van der Waals surface area (Å²) in [4.78, 5) is 4.30. The average molecular weight is 316 g/mol. The van der Waals surface area contributed by atoms with Crippen LogP contribution < -0.4 is 4.74 Å². The van der Waals surface area contributed by atoms with Gasteiger partial charge in [-0.2, -0.15) is 10.1 Å². The maximum Gasteiger partial charge on any atom is 0.264 e. The van der Waals surface area contributed by atoms with E-state index in [1.54, 1.807) is 22.9 Å². The molecule has 2 aromatic heterocycles. The summed E-state index contributed by atoms with van der Waals surface area (Å²) in [5, 5.41) is 8.38. The fraction of sp³-hybridized carbons (Fsp3) is 0.312. The number of aryl methyl sites for hydroxylation is 1. The first kappa shape index (κ1) is 15.2. The minimum absolute atomic E-state index is 0.00517. The van der Waals surface area contributed by atoms with Gasteiger partial charge in [0.25, 0.3) is 5.89 Å². The first-order chi connectivity index (χ1) is 11.0. The molecule has 0 bridgehead atoms. The highest BCUT2D eigenvalue weighted by molar-refractivity contribution is 5.57. The van der Waals surface area contributed by atoms with Crippen LogP contribution in [0.1, 0.15) is 31.4 Å². The van der Waals surface area contributed by atoms with Crippen molar-refractivity contribution >= 4 is 0 Å². The standard InChI is InChI=1S/C16H17FN4O2/c1-10(2)15-11(8-21(3)19-15)16-18-14(23-20-16)9-22-13-7-5-4-6-12(13)17/h4-8,10H,9H2,1-3H3. The molecule has 0 N–H and O–H groups in total. The molecule has 0 aliphatic rings. The van der Waals surface area contributed by atoms with E-state index < -0.39 is 5.82 Å². The number of hydrogen-bond donors (Lipinski definition) is 0. The minimum Gasteiger partial charge on any atom is -0.481 e. The highest BCUT2D eigenvalue weighted by Gasteiger charge is 2.18. The molecule has 1 aromatic carbocycles. The molecule has 0 unspecified atom stereocenters. The Kier molecular flexibility index (Phi) is 4.10. The van der Waals surface area contributed by atoms with Crippen molar-refractivity contribution in [1.82, 2.24) is 19.9 Å². The average Bonchev–Trinajstić information content (AvgIpc) is 3.12. The number of aromatic nitrogens is 4. The summed E-state index contributed by atoms with van der Waals surface area (Å²) in [5.41, 5.74) is 1.72. The molecule has 0 fully saturated rings. The molecular formula is C16H17FN4O2. The number of ether oxygens (including phenoxy) is 1. The Bertz CT molecular complexity index is 810. The van der Waals surface area contributed by atoms with Crippen molar-refractivity contribution < 1.29 is 13.7 Å². The topological polar surface area (TPSA) is 66.0 Å². The number of para-hydroxylation sites is 1. The molecule has 3 aromatic rings. The molecule has 2 heterocycles. The second kappa shape index (κ2) is 6.20. The smallest absolute Gasteiger partial charge is 0.264 e. The Balaban J connectivity index is 1.77. The normalized spacial score (nSPS) is 11.2. The van der Waals surface area contributed by atoms with Gasteiger partial charge in [-0.1, -0.05) is 31.1 Å². The third kappa shape index (κ3) is 3.23. The van der Waals surface area contributed by atoms with Crippen LogP contribution >= 0.6 is 0 Å². The van der Waals surface area contributed by atoms with Crippen molar-refractivity contribution in [1.29, 1.82) is 0 Å². The van der Waals surface area contributed by atoms with E-state index in [0.29, 0.717) is 5.82 Å². The SMILES string of the molecule is CC(C)c1nn(C)cc1-c1noc(COc2ccccc2F)n1. The van der Waals surface area contributed by atoms with Crippen molar-refractivity contribution in [3.63, 3.8) is 0 Å². The fourth-order valence-electron chi connectivity index (χ4n) is 2.23. The van der Waals surface area contributed by atoms with Crippen LogP contribution in [-0.2, 0) is 13.7 Å². The van der Waals surface area contributed by atoms with Crippen LogP contribution in [0.5, 0.6) is 5.75 Å². The van der Waals surface area contributed by atoms with E-state index in [2.05, 4.69) is 15.2 Å². The molecule has 0 radical (unpaired) electrons. The van der Waals surface area contributed by atoms with Crippen LogP contribution in [0.3, 0.4) is 0 Å². The second-order valence-corrected chi connectivity index (χ2v) is 5.49. The molecule has 6 nitrogen and oxygen atoms in total. The van der Waals surface area contributed by atoms with Crippen LogP contribution in [0.2, 0.25) is 0 Å². The summed E-state index contributed by atoms with van der Waals surface area (Å²) < 4.78 is 25.8. The van der Waals surface area contributed by atoms with Crippen molar-refractivity contribution in [3.8, 4) is 17.1 Å². The summed E-state index contributed by atoms with van der Waals surface area (Å²) in [5.74, 6) is 0.691. The summed E-state index contributed by atoms with van der Waals surface area (Å²) >= 11 is 0. The monoisotopic (exact) mass is 316 g/mol. The van der Waals surface area contributed by atoms with Crippen molar-refractivity contribution in [2.75, 3.05) is 0 Å². The molecule has 0 aliphatic heterocycles. The number of benzene rings is 1. The first-order valence-corrected chi connectivity index (χ1v) is 7.28. The van der Waals surface area contributed by atoms with Gasteiger partial charge < -0.3 is 9.26 Å². The Morgan fingerprint density at radius 3 is 2.83 bits per heavy atom. The van der Waals surface area contributed by atoms with Gasteiger partial charge in [-0.15, -0.1) is 0 Å². The molecule has 0 saturated carbocycles. The van der Waals surface area contributed by atoms with Crippen LogP contribution in [-0.4, -0.2) is 19.9 Å². The summed E-state index contributed by atoms with van der Waals surface area (Å²) in [6, 6.07) is 6.18. The number of rotatable bonds is 5. The molecule has 7 heteroatoms. The van der Waals surface area contributed by atoms with Crippen LogP contribution in [0.4, 0.5) is 4.39 Å². The zero-order chi connectivity index (χ0) is 16.4. The lowest BCUT2D eigenvalue weighted by Crippen LogP contribution is -1.98. The van der Waals surface area contributed by atoms with Gasteiger partial charge in [0.2, 0.25) is 5.82 Å². The lowest BCUT2D eigenvalue weighted by Gasteiger charge is -2.03. The first-order valence-electron chi connectivity index (χ1n) is 7.28. The van der Waals surface area contributed by atoms with E-state index in [1.165, 1.54) is 6.07 Å². The molecule has 0 amide bonds. The third-order valence-electron chi connectivity index (χ3n) is 3.30. The number of hydrogen-bond acceptors (Lipinski definition) is 5. The van der Waals surface area contributed by atoms with E-state index in [1.807, 2.05) is 27.1 Å². The lowest BCUT2D eigenvalue weighted by molar-refractivity contribution is 0.234. The largest absolute Gasteiger partial charge is 0.481 e. The summed E-state index contributed by atoms with van der Waals surface area (Å²) in [6.07, 6.45) is 1.85. The maximum atomic E-state index is 13.5. The molecule has 23 heavy (non-hydrogen) atoms. The van der Waals surface area contributed by atoms with Crippen LogP contribution in [0.15, 0.2) is 35.0 Å². The molecule has 120 valence electrons. The van der Waals surface area contributed by atoms with E-state index in [4.69, 9.17) is 9.26 Å². The number of halogens is 1. The lowest BCUT2D eigenvalue weighted by atomic mass is 10.1. The van der Waals surface area contributed by atoms with Crippen molar-refractivity contribution in [2.24, 2.45) is 7.05 Å². The zero-order valence-corrected chi connectivity index (χ0v) is 13.2. The van der Waals surface area contributed by atoms with Gasteiger partial charge in [-0.3, -0.25) is 4.68 Å². The zero-order valence-electron chi connectivity index (χ0n) is 13.2. The van der Waals surface area contributed by atoms with Gasteiger partial charge in [0.1, 0.15) is 0 Å². The Hall–Kier alpha value is -2.70. The molecule has 0 atom stereocenters. The molecule has 0 spiro atoms. The van der Waals surface area contributed by atoms with E-state index in [-0.39, 0.29) is 24.2 Å². The van der Waals surface area contributed by atoms with E-state index in [9.17, 15) is 4.39 Å². The van der Waals surface area contributed by atoms with Crippen molar-refractivity contribution in [3.05, 3.63) is 47.9 Å².